The number of alkyl halides is 3. The van der Waals surface area contributed by atoms with Gasteiger partial charge in [0.2, 0.25) is 0 Å². The van der Waals surface area contributed by atoms with Gasteiger partial charge in [0.1, 0.15) is 11.5 Å². The Morgan fingerprint density at radius 3 is 2.19 bits per heavy atom. The maximum atomic E-state index is 13.2. The number of aromatic hydroxyl groups is 1. The number of hydrogen-bond donors (Lipinski definition) is 2. The molecule has 2 aromatic rings. The summed E-state index contributed by atoms with van der Waals surface area (Å²) in [5, 5.41) is 12.0. The summed E-state index contributed by atoms with van der Waals surface area (Å²) >= 11 is 0. The molecule has 0 spiro atoms. The van der Waals surface area contributed by atoms with Gasteiger partial charge < -0.3 is 15.2 Å². The van der Waals surface area contributed by atoms with Gasteiger partial charge in [-0.25, -0.2) is 0 Å². The van der Waals surface area contributed by atoms with E-state index in [9.17, 15) is 18.3 Å². The summed E-state index contributed by atoms with van der Waals surface area (Å²) in [4.78, 5) is 0. The van der Waals surface area contributed by atoms with Crippen molar-refractivity contribution in [2.75, 3.05) is 12.4 Å². The molecule has 0 aliphatic rings. The Hall–Kier alpha value is -2.37. The standard InChI is InChI=1S/C15H14F3NO2/c1-21-11-8-6-10(7-9-11)19-14(15(16,17)18)12-4-2-3-5-13(12)20/h2-9,14,19-20H,1H3. The van der Waals surface area contributed by atoms with E-state index in [1.54, 1.807) is 12.1 Å². The molecule has 0 bridgehead atoms. The highest BCUT2D eigenvalue weighted by atomic mass is 19.4. The van der Waals surface area contributed by atoms with Crippen LogP contribution in [0.5, 0.6) is 11.5 Å². The van der Waals surface area contributed by atoms with Gasteiger partial charge in [-0.05, 0) is 30.3 Å². The summed E-state index contributed by atoms with van der Waals surface area (Å²) in [6.07, 6.45) is -4.54. The van der Waals surface area contributed by atoms with Gasteiger partial charge in [-0.1, -0.05) is 18.2 Å². The largest absolute Gasteiger partial charge is 0.508 e. The molecule has 0 saturated heterocycles. The molecule has 0 amide bonds. The number of anilines is 1. The third-order valence-electron chi connectivity index (χ3n) is 2.98. The van der Waals surface area contributed by atoms with Gasteiger partial charge in [0.05, 0.1) is 7.11 Å². The van der Waals surface area contributed by atoms with Crippen molar-refractivity contribution in [2.24, 2.45) is 0 Å². The van der Waals surface area contributed by atoms with E-state index in [-0.39, 0.29) is 11.3 Å². The van der Waals surface area contributed by atoms with Crippen LogP contribution in [-0.2, 0) is 0 Å². The fourth-order valence-electron chi connectivity index (χ4n) is 1.92. The first-order valence-corrected chi connectivity index (χ1v) is 6.17. The number of rotatable bonds is 4. The molecule has 0 radical (unpaired) electrons. The molecule has 0 aromatic heterocycles. The van der Waals surface area contributed by atoms with Crippen LogP contribution in [0, 0.1) is 0 Å². The fourth-order valence-corrected chi connectivity index (χ4v) is 1.92. The zero-order valence-corrected chi connectivity index (χ0v) is 11.2. The second kappa shape index (κ2) is 5.95. The van der Waals surface area contributed by atoms with Crippen molar-refractivity contribution in [3.8, 4) is 11.5 Å². The summed E-state index contributed by atoms with van der Waals surface area (Å²) in [6, 6.07) is 9.47. The van der Waals surface area contributed by atoms with Crippen molar-refractivity contribution >= 4 is 5.69 Å². The lowest BCUT2D eigenvalue weighted by molar-refractivity contribution is -0.144. The number of phenols is 1. The molecule has 2 N–H and O–H groups in total. The van der Waals surface area contributed by atoms with Crippen molar-refractivity contribution in [2.45, 2.75) is 12.2 Å². The second-order valence-electron chi connectivity index (χ2n) is 4.41. The molecule has 6 heteroatoms. The van der Waals surface area contributed by atoms with E-state index in [0.29, 0.717) is 5.75 Å². The van der Waals surface area contributed by atoms with Crippen LogP contribution in [-0.4, -0.2) is 18.4 Å². The predicted molar refractivity (Wildman–Crippen MR) is 73.5 cm³/mol. The first-order valence-electron chi connectivity index (χ1n) is 6.17. The zero-order valence-electron chi connectivity index (χ0n) is 11.2. The van der Waals surface area contributed by atoms with Crippen LogP contribution in [0.25, 0.3) is 0 Å². The minimum atomic E-state index is -4.54. The maximum absolute atomic E-state index is 13.2. The third-order valence-corrected chi connectivity index (χ3v) is 2.98. The topological polar surface area (TPSA) is 41.5 Å². The molecule has 0 saturated carbocycles. The van der Waals surface area contributed by atoms with E-state index < -0.39 is 18.0 Å². The average molecular weight is 297 g/mol. The number of ether oxygens (including phenoxy) is 1. The van der Waals surface area contributed by atoms with Crippen LogP contribution in [0.1, 0.15) is 11.6 Å². The predicted octanol–water partition coefficient (Wildman–Crippen LogP) is 4.12. The summed E-state index contributed by atoms with van der Waals surface area (Å²) in [6.45, 7) is 0. The highest BCUT2D eigenvalue weighted by molar-refractivity contribution is 5.50. The third kappa shape index (κ3) is 3.59. The number of nitrogens with one attached hydrogen (secondary N) is 1. The lowest BCUT2D eigenvalue weighted by Crippen LogP contribution is -2.27. The Morgan fingerprint density at radius 1 is 1.05 bits per heavy atom. The average Bonchev–Trinajstić information content (AvgIpc) is 2.45. The molecule has 21 heavy (non-hydrogen) atoms. The molecule has 0 fully saturated rings. The van der Waals surface area contributed by atoms with E-state index >= 15 is 0 Å². The van der Waals surface area contributed by atoms with Gasteiger partial charge in [-0.3, -0.25) is 0 Å². The van der Waals surface area contributed by atoms with E-state index in [2.05, 4.69) is 5.32 Å². The smallest absolute Gasteiger partial charge is 0.412 e. The summed E-state index contributed by atoms with van der Waals surface area (Å²) in [5.74, 6) is 0.146. The van der Waals surface area contributed by atoms with E-state index in [1.807, 2.05) is 0 Å². The summed E-state index contributed by atoms with van der Waals surface area (Å²) in [7, 11) is 1.48. The van der Waals surface area contributed by atoms with E-state index in [0.717, 1.165) is 0 Å². The lowest BCUT2D eigenvalue weighted by Gasteiger charge is -2.23. The van der Waals surface area contributed by atoms with Crippen molar-refractivity contribution in [1.29, 1.82) is 0 Å². The highest BCUT2D eigenvalue weighted by Gasteiger charge is 2.42. The minimum Gasteiger partial charge on any atom is -0.508 e. The number of phenolic OH excluding ortho intramolecular Hbond substituents is 1. The lowest BCUT2D eigenvalue weighted by atomic mass is 10.0. The van der Waals surface area contributed by atoms with Gasteiger partial charge in [0, 0.05) is 11.3 Å². The van der Waals surface area contributed by atoms with Gasteiger partial charge in [0.25, 0.3) is 0 Å². The number of methoxy groups -OCH3 is 1. The maximum Gasteiger partial charge on any atom is 0.412 e. The Bertz CT molecular complexity index is 597. The van der Waals surface area contributed by atoms with Crippen molar-refractivity contribution in [3.63, 3.8) is 0 Å². The second-order valence-corrected chi connectivity index (χ2v) is 4.41. The van der Waals surface area contributed by atoms with Crippen molar-refractivity contribution < 1.29 is 23.0 Å². The first kappa shape index (κ1) is 15.0. The molecule has 1 atom stereocenters. The van der Waals surface area contributed by atoms with Crippen LogP contribution >= 0.6 is 0 Å². The number of hydrogen-bond acceptors (Lipinski definition) is 3. The molecular formula is C15H14F3NO2. The molecule has 112 valence electrons. The monoisotopic (exact) mass is 297 g/mol. The molecule has 0 aliphatic carbocycles. The Balaban J connectivity index is 2.31. The summed E-state index contributed by atoms with van der Waals surface area (Å²) in [5.41, 5.74) is 0.0576. The Labute approximate surface area is 120 Å². The highest BCUT2D eigenvalue weighted by Crippen LogP contribution is 2.39. The van der Waals surface area contributed by atoms with Crippen LogP contribution in [0.4, 0.5) is 18.9 Å². The van der Waals surface area contributed by atoms with Gasteiger partial charge >= 0.3 is 6.18 Å². The molecule has 1 unspecified atom stereocenters. The SMILES string of the molecule is COc1ccc(NC(c2ccccc2O)C(F)(F)F)cc1. The molecule has 3 nitrogen and oxygen atoms in total. The molecule has 0 aliphatic heterocycles. The Morgan fingerprint density at radius 2 is 1.67 bits per heavy atom. The number of para-hydroxylation sites is 1. The van der Waals surface area contributed by atoms with Crippen LogP contribution in [0.2, 0.25) is 0 Å². The zero-order chi connectivity index (χ0) is 15.5. The van der Waals surface area contributed by atoms with Gasteiger partial charge in [0.15, 0.2) is 6.04 Å². The van der Waals surface area contributed by atoms with Crippen LogP contribution in [0.15, 0.2) is 48.5 Å². The van der Waals surface area contributed by atoms with Crippen LogP contribution < -0.4 is 10.1 Å². The minimum absolute atomic E-state index is 0.221. The fraction of sp³-hybridized carbons (Fsp3) is 0.200. The van der Waals surface area contributed by atoms with Gasteiger partial charge in [-0.15, -0.1) is 0 Å². The van der Waals surface area contributed by atoms with E-state index in [1.165, 1.54) is 43.5 Å². The molecule has 2 aromatic carbocycles. The first-order chi connectivity index (χ1) is 9.91. The molecular weight excluding hydrogens is 283 g/mol. The molecule has 0 heterocycles. The normalized spacial score (nSPS) is 12.8. The van der Waals surface area contributed by atoms with Crippen LogP contribution in [0.3, 0.4) is 0 Å². The summed E-state index contributed by atoms with van der Waals surface area (Å²) < 4.78 is 44.6. The number of benzene rings is 2. The van der Waals surface area contributed by atoms with Crippen molar-refractivity contribution in [3.05, 3.63) is 54.1 Å². The Kier molecular flexibility index (Phi) is 4.26. The molecule has 2 rings (SSSR count). The van der Waals surface area contributed by atoms with Gasteiger partial charge in [-0.2, -0.15) is 13.2 Å². The van der Waals surface area contributed by atoms with E-state index in [4.69, 9.17) is 4.74 Å². The number of halogens is 3. The quantitative estimate of drug-likeness (QED) is 0.892. The van der Waals surface area contributed by atoms with Crippen molar-refractivity contribution in [1.82, 2.24) is 0 Å².